The van der Waals surface area contributed by atoms with Crippen LogP contribution in [0, 0.1) is 0 Å². The van der Waals surface area contributed by atoms with Crippen LogP contribution in [-0.2, 0) is 0 Å². The van der Waals surface area contributed by atoms with Gasteiger partial charge in [-0.05, 0) is 0 Å². The molecule has 0 fully saturated rings. The number of ether oxygens (including phenoxy) is 2. The van der Waals surface area contributed by atoms with E-state index in [1.54, 1.807) is 0 Å². The van der Waals surface area contributed by atoms with Gasteiger partial charge in [0, 0.05) is 12.1 Å². The van der Waals surface area contributed by atoms with Crippen LogP contribution in [0.4, 0.5) is 5.69 Å². The van der Waals surface area contributed by atoms with E-state index in [1.807, 2.05) is 0 Å². The maximum atomic E-state index is 11.9. The van der Waals surface area contributed by atoms with Gasteiger partial charge >= 0.3 is 5.69 Å². The smallest absolute Gasteiger partial charge is 0.341 e. The maximum absolute atomic E-state index is 11.9. The Balaban J connectivity index is 2.32. The summed E-state index contributed by atoms with van der Waals surface area (Å²) in [6, 6.07) is 3.01. The topological polar surface area (TPSA) is 109 Å². The van der Waals surface area contributed by atoms with Gasteiger partial charge in [-0.15, -0.1) is 5.10 Å². The maximum Gasteiger partial charge on any atom is 0.341 e. The molecule has 8 nitrogen and oxygen atoms in total. The van der Waals surface area contributed by atoms with Crippen LogP contribution in [0.2, 0.25) is 5.02 Å². The van der Waals surface area contributed by atoms with Crippen LogP contribution < -0.4 is 20.5 Å². The van der Waals surface area contributed by atoms with Gasteiger partial charge in [-0.3, -0.25) is 9.78 Å². The monoisotopic (exact) mass is 298 g/mol. The van der Waals surface area contributed by atoms with Crippen LogP contribution in [0.1, 0.15) is 10.6 Å². The first-order valence-electron chi connectivity index (χ1n) is 5.42. The molecule has 9 heteroatoms. The number of aromatic nitrogens is 3. The first-order chi connectivity index (χ1) is 9.55. The first kappa shape index (κ1) is 13.9. The average Bonchev–Trinajstić information content (AvgIpc) is 2.87. The molecule has 2 aromatic rings. The molecule has 0 atom stereocenters. The summed E-state index contributed by atoms with van der Waals surface area (Å²) >= 11 is 5.95. The summed E-state index contributed by atoms with van der Waals surface area (Å²) in [5.41, 5.74) is -0.238. The molecular formula is C11H11ClN4O4. The second-order valence-electron chi connectivity index (χ2n) is 3.67. The normalized spacial score (nSPS) is 10.2. The van der Waals surface area contributed by atoms with Crippen molar-refractivity contribution in [1.29, 1.82) is 0 Å². The highest BCUT2D eigenvalue weighted by molar-refractivity contribution is 6.32. The van der Waals surface area contributed by atoms with Crippen molar-refractivity contribution in [3.8, 4) is 11.5 Å². The van der Waals surface area contributed by atoms with Crippen molar-refractivity contribution in [2.45, 2.75) is 0 Å². The molecule has 0 bridgehead atoms. The molecule has 1 amide bonds. The quantitative estimate of drug-likeness (QED) is 0.781. The molecule has 0 aliphatic rings. The fourth-order valence-corrected chi connectivity index (χ4v) is 1.75. The lowest BCUT2D eigenvalue weighted by Gasteiger charge is -2.12. The van der Waals surface area contributed by atoms with Gasteiger partial charge in [-0.1, -0.05) is 11.6 Å². The average molecular weight is 299 g/mol. The molecular weight excluding hydrogens is 288 g/mol. The van der Waals surface area contributed by atoms with E-state index in [1.165, 1.54) is 26.4 Å². The summed E-state index contributed by atoms with van der Waals surface area (Å²) in [5, 5.41) is 8.50. The van der Waals surface area contributed by atoms with Gasteiger partial charge in [-0.25, -0.2) is 9.89 Å². The highest BCUT2D eigenvalue weighted by atomic mass is 35.5. The second-order valence-corrected chi connectivity index (χ2v) is 4.07. The van der Waals surface area contributed by atoms with Gasteiger partial charge in [0.1, 0.15) is 11.5 Å². The molecule has 0 aliphatic carbocycles. The van der Waals surface area contributed by atoms with Gasteiger partial charge in [0.2, 0.25) is 5.82 Å². The number of nitrogens with one attached hydrogen (secondary N) is 3. The summed E-state index contributed by atoms with van der Waals surface area (Å²) in [5.74, 6) is -0.0303. The number of methoxy groups -OCH3 is 2. The van der Waals surface area contributed by atoms with E-state index >= 15 is 0 Å². The van der Waals surface area contributed by atoms with E-state index in [2.05, 4.69) is 20.5 Å². The van der Waals surface area contributed by atoms with E-state index in [0.717, 1.165) is 0 Å². The summed E-state index contributed by atoms with van der Waals surface area (Å²) in [4.78, 5) is 25.0. The van der Waals surface area contributed by atoms with E-state index in [0.29, 0.717) is 22.2 Å². The second kappa shape index (κ2) is 5.66. The molecule has 1 aromatic heterocycles. The van der Waals surface area contributed by atoms with Crippen LogP contribution in [0.5, 0.6) is 11.5 Å². The van der Waals surface area contributed by atoms with Gasteiger partial charge < -0.3 is 14.8 Å². The molecule has 0 saturated heterocycles. The number of nitrogens with zero attached hydrogens (tertiary/aromatic N) is 1. The van der Waals surface area contributed by atoms with Crippen LogP contribution in [0.3, 0.4) is 0 Å². The lowest BCUT2D eigenvalue weighted by atomic mass is 10.2. The number of amides is 1. The Morgan fingerprint density at radius 3 is 2.55 bits per heavy atom. The zero-order chi connectivity index (χ0) is 14.7. The number of rotatable bonds is 4. The van der Waals surface area contributed by atoms with E-state index in [-0.39, 0.29) is 5.82 Å². The minimum atomic E-state index is -0.606. The lowest BCUT2D eigenvalue weighted by molar-refractivity contribution is 0.101. The summed E-state index contributed by atoms with van der Waals surface area (Å²) in [7, 11) is 2.88. The van der Waals surface area contributed by atoms with Crippen molar-refractivity contribution in [2.75, 3.05) is 19.5 Å². The number of benzene rings is 1. The number of aromatic amines is 2. The highest BCUT2D eigenvalue weighted by Gasteiger charge is 2.15. The van der Waals surface area contributed by atoms with Crippen LogP contribution >= 0.6 is 11.6 Å². The van der Waals surface area contributed by atoms with Gasteiger partial charge in [0.25, 0.3) is 5.91 Å². The SMILES string of the molecule is COc1cc(NC(=O)c2n[nH]c(=O)[nH]2)c(OC)cc1Cl. The Morgan fingerprint density at radius 1 is 1.30 bits per heavy atom. The largest absolute Gasteiger partial charge is 0.495 e. The molecule has 0 spiro atoms. The molecule has 1 heterocycles. The van der Waals surface area contributed by atoms with E-state index in [4.69, 9.17) is 21.1 Å². The minimum absolute atomic E-state index is 0.147. The number of H-pyrrole nitrogens is 2. The third-order valence-electron chi connectivity index (χ3n) is 2.44. The lowest BCUT2D eigenvalue weighted by Crippen LogP contribution is -2.15. The van der Waals surface area contributed by atoms with Gasteiger partial charge in [0.05, 0.1) is 24.9 Å². The molecule has 0 aliphatic heterocycles. The Bertz CT molecular complexity index is 694. The summed E-state index contributed by atoms with van der Waals surface area (Å²) < 4.78 is 10.2. The number of anilines is 1. The van der Waals surface area contributed by atoms with Crippen molar-refractivity contribution < 1.29 is 14.3 Å². The molecule has 2 rings (SSSR count). The summed E-state index contributed by atoms with van der Waals surface area (Å²) in [6.45, 7) is 0. The Kier molecular flexibility index (Phi) is 3.94. The zero-order valence-corrected chi connectivity index (χ0v) is 11.4. The van der Waals surface area contributed by atoms with Crippen molar-refractivity contribution >= 4 is 23.2 Å². The number of carbonyl (C=O) groups excluding carboxylic acids is 1. The van der Waals surface area contributed by atoms with Crippen LogP contribution in [0.25, 0.3) is 0 Å². The van der Waals surface area contributed by atoms with Crippen molar-refractivity contribution in [3.63, 3.8) is 0 Å². The fourth-order valence-electron chi connectivity index (χ4n) is 1.52. The van der Waals surface area contributed by atoms with Crippen molar-refractivity contribution in [2.24, 2.45) is 0 Å². The number of carbonyl (C=O) groups is 1. The predicted octanol–water partition coefficient (Wildman–Crippen LogP) is 1.02. The predicted molar refractivity (Wildman–Crippen MR) is 71.7 cm³/mol. The summed E-state index contributed by atoms with van der Waals surface area (Å²) in [6.07, 6.45) is 0. The minimum Gasteiger partial charge on any atom is -0.495 e. The first-order valence-corrected chi connectivity index (χ1v) is 5.80. The molecule has 1 aromatic carbocycles. The van der Waals surface area contributed by atoms with E-state index in [9.17, 15) is 9.59 Å². The number of hydrogen-bond donors (Lipinski definition) is 3. The Hall–Kier alpha value is -2.48. The van der Waals surface area contributed by atoms with Gasteiger partial charge in [-0.2, -0.15) is 0 Å². The molecule has 20 heavy (non-hydrogen) atoms. The standard InChI is InChI=1S/C11H11ClN4O4/c1-19-7-4-6(8(20-2)3-5(7)12)13-10(17)9-14-11(18)16-15-9/h3-4H,1-2H3,(H,13,17)(H2,14,15,16,18). The third kappa shape index (κ3) is 2.75. The molecule has 106 valence electrons. The van der Waals surface area contributed by atoms with Crippen molar-refractivity contribution in [1.82, 2.24) is 15.2 Å². The molecule has 0 saturated carbocycles. The molecule has 0 unspecified atom stereocenters. The Labute approximate surface area is 118 Å². The number of hydrogen-bond acceptors (Lipinski definition) is 5. The molecule has 3 N–H and O–H groups in total. The van der Waals surface area contributed by atoms with E-state index < -0.39 is 11.6 Å². The van der Waals surface area contributed by atoms with Gasteiger partial charge in [0.15, 0.2) is 0 Å². The molecule has 0 radical (unpaired) electrons. The fraction of sp³-hybridized carbons (Fsp3) is 0.182. The zero-order valence-electron chi connectivity index (χ0n) is 10.6. The third-order valence-corrected chi connectivity index (χ3v) is 2.73. The van der Waals surface area contributed by atoms with Crippen LogP contribution in [-0.4, -0.2) is 35.3 Å². The van der Waals surface area contributed by atoms with Crippen molar-refractivity contribution in [3.05, 3.63) is 33.5 Å². The van der Waals surface area contributed by atoms with Crippen LogP contribution in [0.15, 0.2) is 16.9 Å². The number of halogens is 1. The Morgan fingerprint density at radius 2 is 2.00 bits per heavy atom. The highest BCUT2D eigenvalue weighted by Crippen LogP contribution is 2.35.